The fraction of sp³-hybridized carbons (Fsp3) is 0. The summed E-state index contributed by atoms with van der Waals surface area (Å²) in [5.41, 5.74) is 10.6. The second kappa shape index (κ2) is 12.0. The van der Waals surface area contributed by atoms with Gasteiger partial charge < -0.3 is 0 Å². The Morgan fingerprint density at radius 3 is 1.09 bits per heavy atom. The van der Waals surface area contributed by atoms with Crippen molar-refractivity contribution in [2.24, 2.45) is 0 Å². The molecule has 0 radical (unpaired) electrons. The van der Waals surface area contributed by atoms with Crippen molar-refractivity contribution in [2.45, 2.75) is 0 Å². The number of rotatable bonds is 6. The summed E-state index contributed by atoms with van der Waals surface area (Å²) < 4.78 is 0. The molecule has 2 aromatic heterocycles. The van der Waals surface area contributed by atoms with E-state index in [-0.39, 0.29) is 0 Å². The summed E-state index contributed by atoms with van der Waals surface area (Å²) in [6, 6.07) is 56.3. The summed E-state index contributed by atoms with van der Waals surface area (Å²) in [6.45, 7) is 0. The summed E-state index contributed by atoms with van der Waals surface area (Å²) in [4.78, 5) is 19.6. The number of para-hydroxylation sites is 1. The zero-order valence-corrected chi connectivity index (χ0v) is 25.0. The molecule has 4 nitrogen and oxygen atoms in total. The van der Waals surface area contributed by atoms with Crippen LogP contribution >= 0.6 is 0 Å². The first-order valence-corrected chi connectivity index (χ1v) is 15.3. The Labute approximate surface area is 267 Å². The van der Waals surface area contributed by atoms with Crippen molar-refractivity contribution in [3.63, 3.8) is 0 Å². The van der Waals surface area contributed by atoms with Crippen molar-refractivity contribution in [1.29, 1.82) is 0 Å². The molecule has 0 saturated heterocycles. The van der Waals surface area contributed by atoms with Crippen LogP contribution in [0, 0.1) is 0 Å². The van der Waals surface area contributed by atoms with E-state index in [0.717, 1.165) is 49.8 Å². The Bertz CT molecular complexity index is 2160. The van der Waals surface area contributed by atoms with Gasteiger partial charge in [0.1, 0.15) is 0 Å². The van der Waals surface area contributed by atoms with Crippen LogP contribution < -0.4 is 0 Å². The highest BCUT2D eigenvalue weighted by Crippen LogP contribution is 2.30. The predicted octanol–water partition coefficient (Wildman–Crippen LogP) is 10.4. The van der Waals surface area contributed by atoms with E-state index >= 15 is 0 Å². The van der Waals surface area contributed by atoms with Crippen LogP contribution in [-0.2, 0) is 0 Å². The van der Waals surface area contributed by atoms with Gasteiger partial charge in [0.25, 0.3) is 0 Å². The molecular weight excluding hydrogens is 560 g/mol. The average Bonchev–Trinajstić information content (AvgIpc) is 3.15. The van der Waals surface area contributed by atoms with Crippen LogP contribution in [0.4, 0.5) is 0 Å². The van der Waals surface area contributed by atoms with Crippen LogP contribution in [0.5, 0.6) is 0 Å². The molecule has 0 spiro atoms. The number of pyridine rings is 1. The van der Waals surface area contributed by atoms with E-state index in [1.165, 1.54) is 11.1 Å². The Kier molecular flexibility index (Phi) is 7.14. The summed E-state index contributed by atoms with van der Waals surface area (Å²) in [7, 11) is 0. The number of fused-ring (bicyclic) bond motifs is 1. The van der Waals surface area contributed by atoms with Crippen molar-refractivity contribution < 1.29 is 0 Å². The molecule has 0 atom stereocenters. The molecule has 0 N–H and O–H groups in total. The number of hydrogen-bond donors (Lipinski definition) is 0. The standard InChI is InChI=1S/C42H28N4/c1-3-9-29(10-4-1)31-15-21-34(22-16-31)40-44-41(35-23-17-32(18-24-35)30-11-5-2-6-12-30)46-42(45-40)36-25-19-33(20-26-36)38-27-37-13-7-8-14-39(37)43-28-38/h1-28H. The Hall–Kier alpha value is -6.26. The molecule has 0 bridgehead atoms. The van der Waals surface area contributed by atoms with Crippen LogP contribution in [-0.4, -0.2) is 19.9 Å². The first-order valence-electron chi connectivity index (χ1n) is 15.3. The average molecular weight is 589 g/mol. The highest BCUT2D eigenvalue weighted by molar-refractivity contribution is 5.84. The van der Waals surface area contributed by atoms with E-state index < -0.39 is 0 Å². The molecule has 0 unspecified atom stereocenters. The first-order chi connectivity index (χ1) is 22.8. The van der Waals surface area contributed by atoms with Crippen molar-refractivity contribution in [1.82, 2.24) is 19.9 Å². The van der Waals surface area contributed by atoms with Gasteiger partial charge in [0, 0.05) is 33.8 Å². The SMILES string of the molecule is c1ccc(-c2ccc(-c3nc(-c4ccc(-c5ccccc5)cc4)nc(-c4ccc(-c5cnc6ccccc6c5)cc4)n3)cc2)cc1. The normalized spacial score (nSPS) is 11.0. The van der Waals surface area contributed by atoms with Crippen molar-refractivity contribution in [2.75, 3.05) is 0 Å². The molecule has 0 aliphatic carbocycles. The molecule has 46 heavy (non-hydrogen) atoms. The number of aromatic nitrogens is 4. The summed E-state index contributed by atoms with van der Waals surface area (Å²) >= 11 is 0. The van der Waals surface area contributed by atoms with Gasteiger partial charge in [-0.1, -0.05) is 152 Å². The lowest BCUT2D eigenvalue weighted by Crippen LogP contribution is -2.00. The largest absolute Gasteiger partial charge is 0.256 e. The summed E-state index contributed by atoms with van der Waals surface area (Å²) in [5, 5.41) is 1.12. The van der Waals surface area contributed by atoms with Gasteiger partial charge in [-0.2, -0.15) is 0 Å². The van der Waals surface area contributed by atoms with E-state index in [1.54, 1.807) is 0 Å². The smallest absolute Gasteiger partial charge is 0.164 e. The summed E-state index contributed by atoms with van der Waals surface area (Å²) in [6.07, 6.45) is 1.93. The molecule has 8 rings (SSSR count). The van der Waals surface area contributed by atoms with E-state index in [0.29, 0.717) is 17.5 Å². The molecule has 4 heteroatoms. The van der Waals surface area contributed by atoms with Gasteiger partial charge in [-0.3, -0.25) is 4.98 Å². The molecule has 8 aromatic rings. The van der Waals surface area contributed by atoms with Crippen molar-refractivity contribution in [3.05, 3.63) is 170 Å². The fourth-order valence-corrected chi connectivity index (χ4v) is 5.69. The highest BCUT2D eigenvalue weighted by atomic mass is 15.0. The lowest BCUT2D eigenvalue weighted by atomic mass is 10.0. The molecule has 0 aliphatic heterocycles. The van der Waals surface area contributed by atoms with Gasteiger partial charge in [0.05, 0.1) is 5.52 Å². The minimum atomic E-state index is 0.627. The lowest BCUT2D eigenvalue weighted by Gasteiger charge is -2.10. The molecule has 0 saturated carbocycles. The van der Waals surface area contributed by atoms with Crippen LogP contribution in [0.2, 0.25) is 0 Å². The Morgan fingerprint density at radius 2 is 0.630 bits per heavy atom. The van der Waals surface area contributed by atoms with E-state index in [2.05, 4.69) is 138 Å². The maximum Gasteiger partial charge on any atom is 0.164 e. The topological polar surface area (TPSA) is 51.6 Å². The van der Waals surface area contributed by atoms with Crippen LogP contribution in [0.15, 0.2) is 170 Å². The summed E-state index contributed by atoms with van der Waals surface area (Å²) in [5.74, 6) is 1.89. The third-order valence-corrected chi connectivity index (χ3v) is 8.20. The third-order valence-electron chi connectivity index (χ3n) is 8.20. The van der Waals surface area contributed by atoms with Crippen LogP contribution in [0.25, 0.3) is 78.4 Å². The van der Waals surface area contributed by atoms with Crippen molar-refractivity contribution >= 4 is 10.9 Å². The van der Waals surface area contributed by atoms with Crippen molar-refractivity contribution in [3.8, 4) is 67.5 Å². The quantitative estimate of drug-likeness (QED) is 0.194. The molecule has 216 valence electrons. The Morgan fingerprint density at radius 1 is 0.283 bits per heavy atom. The van der Waals surface area contributed by atoms with Crippen LogP contribution in [0.3, 0.4) is 0 Å². The third kappa shape index (κ3) is 5.56. The minimum Gasteiger partial charge on any atom is -0.256 e. The molecule has 6 aromatic carbocycles. The molecular formula is C42H28N4. The fourth-order valence-electron chi connectivity index (χ4n) is 5.69. The molecule has 2 heterocycles. The minimum absolute atomic E-state index is 0.627. The number of nitrogens with zero attached hydrogens (tertiary/aromatic N) is 4. The second-order valence-corrected chi connectivity index (χ2v) is 11.2. The van der Waals surface area contributed by atoms with Crippen LogP contribution in [0.1, 0.15) is 0 Å². The van der Waals surface area contributed by atoms with E-state index in [4.69, 9.17) is 15.0 Å². The van der Waals surface area contributed by atoms with Gasteiger partial charge >= 0.3 is 0 Å². The lowest BCUT2D eigenvalue weighted by molar-refractivity contribution is 1.07. The monoisotopic (exact) mass is 588 g/mol. The molecule has 0 aliphatic rings. The maximum absolute atomic E-state index is 4.98. The first kappa shape index (κ1) is 27.3. The molecule has 0 fully saturated rings. The predicted molar refractivity (Wildman–Crippen MR) is 188 cm³/mol. The maximum atomic E-state index is 4.98. The molecule has 0 amide bonds. The Balaban J connectivity index is 1.18. The van der Waals surface area contributed by atoms with E-state index in [1.807, 2.05) is 36.5 Å². The highest BCUT2D eigenvalue weighted by Gasteiger charge is 2.13. The number of hydrogen-bond acceptors (Lipinski definition) is 4. The zero-order valence-electron chi connectivity index (χ0n) is 25.0. The zero-order chi connectivity index (χ0) is 30.7. The second-order valence-electron chi connectivity index (χ2n) is 11.2. The van der Waals surface area contributed by atoms with E-state index in [9.17, 15) is 0 Å². The van der Waals surface area contributed by atoms with Gasteiger partial charge in [0.2, 0.25) is 0 Å². The van der Waals surface area contributed by atoms with Gasteiger partial charge in [-0.05, 0) is 39.9 Å². The van der Waals surface area contributed by atoms with Gasteiger partial charge in [-0.25, -0.2) is 15.0 Å². The number of benzene rings is 6. The van der Waals surface area contributed by atoms with Gasteiger partial charge in [-0.15, -0.1) is 0 Å². The van der Waals surface area contributed by atoms with Gasteiger partial charge in [0.15, 0.2) is 17.5 Å².